The highest BCUT2D eigenvalue weighted by Crippen LogP contribution is 2.36. The van der Waals surface area contributed by atoms with Gasteiger partial charge in [0.1, 0.15) is 6.33 Å². The lowest BCUT2D eigenvalue weighted by molar-refractivity contribution is 0.00578. The molecule has 7 nitrogen and oxygen atoms in total. The summed E-state index contributed by atoms with van der Waals surface area (Å²) in [5.74, 6) is -0.519. The van der Waals surface area contributed by atoms with E-state index in [9.17, 15) is 4.39 Å². The molecule has 0 saturated carbocycles. The van der Waals surface area contributed by atoms with Crippen molar-refractivity contribution in [3.8, 4) is 5.82 Å². The Hall–Kier alpha value is -1.87. The van der Waals surface area contributed by atoms with Crippen LogP contribution in [0.25, 0.3) is 5.82 Å². The quantitative estimate of drug-likeness (QED) is 0.750. The second kappa shape index (κ2) is 4.57. The van der Waals surface area contributed by atoms with Crippen LogP contribution in [-0.2, 0) is 9.31 Å². The molecular weight excluding hydrogens is 276 g/mol. The van der Waals surface area contributed by atoms with Crippen molar-refractivity contribution < 1.29 is 13.7 Å². The van der Waals surface area contributed by atoms with Crippen LogP contribution in [-0.4, -0.2) is 43.5 Å². The molecule has 0 spiro atoms. The van der Waals surface area contributed by atoms with Gasteiger partial charge in [-0.25, -0.2) is 9.37 Å². The van der Waals surface area contributed by atoms with Gasteiger partial charge in [-0.15, -0.1) is 5.10 Å². The molecule has 110 valence electrons. The fourth-order valence-corrected chi connectivity index (χ4v) is 1.98. The number of tetrazole rings is 1. The van der Waals surface area contributed by atoms with Crippen molar-refractivity contribution in [1.29, 1.82) is 0 Å². The number of aromatic nitrogens is 5. The Balaban J connectivity index is 1.90. The molecule has 0 bridgehead atoms. The second-order valence-electron chi connectivity index (χ2n) is 5.92. The molecule has 0 aromatic carbocycles. The SMILES string of the molecule is CC1(C)OB(c2cnc(-n3cnnn3)c(F)c2)OC1(C)C. The number of rotatable bonds is 2. The first kappa shape index (κ1) is 14.1. The summed E-state index contributed by atoms with van der Waals surface area (Å²) in [7, 11) is -0.653. The number of hydrogen-bond acceptors (Lipinski definition) is 6. The molecule has 1 saturated heterocycles. The zero-order valence-corrected chi connectivity index (χ0v) is 12.2. The Kier molecular flexibility index (Phi) is 3.07. The fraction of sp³-hybridized carbons (Fsp3) is 0.500. The minimum absolute atomic E-state index is 0.0280. The van der Waals surface area contributed by atoms with E-state index in [1.54, 1.807) is 0 Å². The average molecular weight is 291 g/mol. The van der Waals surface area contributed by atoms with Crippen molar-refractivity contribution in [1.82, 2.24) is 25.2 Å². The van der Waals surface area contributed by atoms with Gasteiger partial charge in [-0.3, -0.25) is 0 Å². The highest BCUT2D eigenvalue weighted by atomic mass is 19.1. The number of nitrogens with zero attached hydrogens (tertiary/aromatic N) is 5. The van der Waals surface area contributed by atoms with Gasteiger partial charge in [0, 0.05) is 11.7 Å². The molecule has 0 amide bonds. The van der Waals surface area contributed by atoms with E-state index in [1.165, 1.54) is 18.6 Å². The minimum Gasteiger partial charge on any atom is -0.399 e. The third kappa shape index (κ3) is 2.32. The van der Waals surface area contributed by atoms with E-state index in [0.29, 0.717) is 5.46 Å². The van der Waals surface area contributed by atoms with Gasteiger partial charge in [0.2, 0.25) is 0 Å². The summed E-state index contributed by atoms with van der Waals surface area (Å²) in [6.45, 7) is 7.75. The normalized spacial score (nSPS) is 20.0. The molecule has 1 aliphatic rings. The lowest BCUT2D eigenvalue weighted by atomic mass is 9.80. The molecule has 2 aromatic heterocycles. The lowest BCUT2D eigenvalue weighted by Gasteiger charge is -2.32. The smallest absolute Gasteiger partial charge is 0.399 e. The molecule has 1 aliphatic heterocycles. The van der Waals surface area contributed by atoms with E-state index in [1.807, 2.05) is 27.7 Å². The van der Waals surface area contributed by atoms with Crippen LogP contribution < -0.4 is 5.46 Å². The molecule has 0 atom stereocenters. The summed E-state index contributed by atoms with van der Waals surface area (Å²) in [5.41, 5.74) is -0.450. The van der Waals surface area contributed by atoms with Gasteiger partial charge >= 0.3 is 7.12 Å². The van der Waals surface area contributed by atoms with Crippen molar-refractivity contribution in [3.05, 3.63) is 24.4 Å². The first-order chi connectivity index (χ1) is 9.80. The van der Waals surface area contributed by atoms with E-state index >= 15 is 0 Å². The summed E-state index contributed by atoms with van der Waals surface area (Å²) < 4.78 is 27.0. The summed E-state index contributed by atoms with van der Waals surface area (Å²) >= 11 is 0. The topological polar surface area (TPSA) is 75.0 Å². The molecule has 0 N–H and O–H groups in total. The third-order valence-electron chi connectivity index (χ3n) is 3.93. The van der Waals surface area contributed by atoms with Crippen LogP contribution in [0, 0.1) is 5.82 Å². The highest BCUT2D eigenvalue weighted by molar-refractivity contribution is 6.62. The Bertz CT molecular complexity index is 646. The molecule has 2 aromatic rings. The van der Waals surface area contributed by atoms with Crippen molar-refractivity contribution in [2.75, 3.05) is 0 Å². The van der Waals surface area contributed by atoms with Gasteiger partial charge < -0.3 is 9.31 Å². The zero-order chi connectivity index (χ0) is 15.3. The van der Waals surface area contributed by atoms with Crippen molar-refractivity contribution in [2.45, 2.75) is 38.9 Å². The predicted molar refractivity (Wildman–Crippen MR) is 72.6 cm³/mol. The van der Waals surface area contributed by atoms with Crippen LogP contribution in [0.3, 0.4) is 0 Å². The van der Waals surface area contributed by atoms with Gasteiger partial charge in [-0.2, -0.15) is 4.68 Å². The fourth-order valence-electron chi connectivity index (χ4n) is 1.98. The first-order valence-electron chi connectivity index (χ1n) is 6.55. The maximum absolute atomic E-state index is 14.2. The van der Waals surface area contributed by atoms with Gasteiger partial charge in [0.15, 0.2) is 11.6 Å². The molecule has 3 rings (SSSR count). The second-order valence-corrected chi connectivity index (χ2v) is 5.92. The Morgan fingerprint density at radius 3 is 2.38 bits per heavy atom. The average Bonchev–Trinajstić information content (AvgIpc) is 2.96. The summed E-state index contributed by atoms with van der Waals surface area (Å²) in [6, 6.07) is 1.33. The van der Waals surface area contributed by atoms with Gasteiger partial charge in [-0.05, 0) is 44.2 Å². The van der Waals surface area contributed by atoms with E-state index in [4.69, 9.17) is 9.31 Å². The molecule has 9 heteroatoms. The van der Waals surface area contributed by atoms with Crippen LogP contribution in [0.15, 0.2) is 18.6 Å². The summed E-state index contributed by atoms with van der Waals surface area (Å²) in [6.07, 6.45) is 2.78. The molecule has 3 heterocycles. The molecule has 0 radical (unpaired) electrons. The van der Waals surface area contributed by atoms with Crippen LogP contribution in [0.5, 0.6) is 0 Å². The van der Waals surface area contributed by atoms with Crippen LogP contribution in [0.1, 0.15) is 27.7 Å². The summed E-state index contributed by atoms with van der Waals surface area (Å²) in [4.78, 5) is 4.05. The number of hydrogen-bond donors (Lipinski definition) is 0. The monoisotopic (exact) mass is 291 g/mol. The van der Waals surface area contributed by atoms with E-state index in [2.05, 4.69) is 20.5 Å². The number of pyridine rings is 1. The maximum Gasteiger partial charge on any atom is 0.496 e. The van der Waals surface area contributed by atoms with Crippen LogP contribution in [0.2, 0.25) is 0 Å². The van der Waals surface area contributed by atoms with Crippen LogP contribution in [0.4, 0.5) is 4.39 Å². The van der Waals surface area contributed by atoms with E-state index in [0.717, 1.165) is 4.68 Å². The third-order valence-corrected chi connectivity index (χ3v) is 3.93. The molecular formula is C12H15BFN5O2. The standard InChI is InChI=1S/C12H15BFN5O2/c1-11(2)12(3,4)21-13(20-11)8-5-9(14)10(15-6-8)19-7-16-17-18-19/h5-7H,1-4H3. The highest BCUT2D eigenvalue weighted by Gasteiger charge is 2.51. The van der Waals surface area contributed by atoms with Gasteiger partial charge in [-0.1, -0.05) is 0 Å². The van der Waals surface area contributed by atoms with Crippen molar-refractivity contribution in [3.63, 3.8) is 0 Å². The van der Waals surface area contributed by atoms with Crippen LogP contribution >= 0.6 is 0 Å². The number of halogens is 1. The van der Waals surface area contributed by atoms with Crippen molar-refractivity contribution >= 4 is 12.6 Å². The van der Waals surface area contributed by atoms with E-state index < -0.39 is 24.1 Å². The Morgan fingerprint density at radius 1 is 1.19 bits per heavy atom. The maximum atomic E-state index is 14.2. The predicted octanol–water partition coefficient (Wildman–Crippen LogP) is 0.496. The minimum atomic E-state index is -0.653. The summed E-state index contributed by atoms with van der Waals surface area (Å²) in [5, 5.41) is 10.5. The van der Waals surface area contributed by atoms with Crippen molar-refractivity contribution in [2.24, 2.45) is 0 Å². The first-order valence-corrected chi connectivity index (χ1v) is 6.55. The molecule has 0 unspecified atom stereocenters. The van der Waals surface area contributed by atoms with E-state index in [-0.39, 0.29) is 5.82 Å². The van der Waals surface area contributed by atoms with Gasteiger partial charge in [0.25, 0.3) is 0 Å². The van der Waals surface area contributed by atoms with Gasteiger partial charge in [0.05, 0.1) is 11.2 Å². The zero-order valence-electron chi connectivity index (χ0n) is 12.2. The lowest BCUT2D eigenvalue weighted by Crippen LogP contribution is -2.41. The molecule has 21 heavy (non-hydrogen) atoms. The Morgan fingerprint density at radius 2 is 1.86 bits per heavy atom. The molecule has 0 aliphatic carbocycles. The Labute approximate surface area is 121 Å². The largest absolute Gasteiger partial charge is 0.496 e. The molecule has 1 fully saturated rings.